The molecule has 0 atom stereocenters. The minimum atomic E-state index is -3.70. The number of pyridine rings is 1. The number of nitrogens with zero attached hydrogens (tertiary/aromatic N) is 1. The first-order valence-corrected chi connectivity index (χ1v) is 4.61. The molecule has 66 valence electrons. The summed E-state index contributed by atoms with van der Waals surface area (Å²) >= 11 is 0. The van der Waals surface area contributed by atoms with Crippen molar-refractivity contribution in [2.45, 2.75) is 4.90 Å². The minimum absolute atomic E-state index is 0.0392. The molecular weight excluding hydrogens is 183 g/mol. The van der Waals surface area contributed by atoms with Crippen LogP contribution in [0.2, 0.25) is 0 Å². The largest absolute Gasteiger partial charge is 0.263 e. The van der Waals surface area contributed by atoms with Gasteiger partial charge >= 0.3 is 0 Å². The van der Waals surface area contributed by atoms with Crippen molar-refractivity contribution in [1.82, 2.24) is 9.71 Å². The van der Waals surface area contributed by atoms with Crippen molar-refractivity contribution >= 4 is 10.0 Å². The maximum Gasteiger partial charge on any atom is 0.244 e. The summed E-state index contributed by atoms with van der Waals surface area (Å²) in [5.74, 6) is 0. The maximum absolute atomic E-state index is 11.7. The van der Waals surface area contributed by atoms with Crippen LogP contribution in [0.4, 0.5) is 4.39 Å². The molecule has 1 rings (SSSR count). The number of halogens is 1. The van der Waals surface area contributed by atoms with E-state index in [0.29, 0.717) is 0 Å². The molecule has 0 saturated heterocycles. The second kappa shape index (κ2) is 3.59. The molecule has 1 aromatic rings. The van der Waals surface area contributed by atoms with Crippen molar-refractivity contribution < 1.29 is 12.8 Å². The summed E-state index contributed by atoms with van der Waals surface area (Å²) in [7, 11) is -3.70. The Hall–Kier alpha value is -1.01. The van der Waals surface area contributed by atoms with Gasteiger partial charge in [0.05, 0.1) is 0 Å². The van der Waals surface area contributed by atoms with E-state index in [1.165, 1.54) is 18.3 Å². The number of hydrogen-bond acceptors (Lipinski definition) is 3. The molecule has 0 radical (unpaired) electrons. The van der Waals surface area contributed by atoms with Gasteiger partial charge in [-0.05, 0) is 12.1 Å². The highest BCUT2D eigenvalue weighted by molar-refractivity contribution is 7.89. The third-order valence-electron chi connectivity index (χ3n) is 1.19. The maximum atomic E-state index is 11.7. The zero-order valence-electron chi connectivity index (χ0n) is 6.07. The number of aromatic nitrogens is 1. The molecule has 0 bridgehead atoms. The van der Waals surface area contributed by atoms with E-state index in [0.717, 1.165) is 6.20 Å². The van der Waals surface area contributed by atoms with Crippen molar-refractivity contribution in [3.8, 4) is 0 Å². The van der Waals surface area contributed by atoms with Crippen LogP contribution in [-0.4, -0.2) is 20.2 Å². The fourth-order valence-corrected chi connectivity index (χ4v) is 1.43. The molecule has 0 fully saturated rings. The summed E-state index contributed by atoms with van der Waals surface area (Å²) < 4.78 is 35.4. The van der Waals surface area contributed by atoms with Gasteiger partial charge in [-0.2, -0.15) is 4.72 Å². The van der Waals surface area contributed by atoms with Crippen LogP contribution in [0.1, 0.15) is 0 Å². The van der Waals surface area contributed by atoms with Gasteiger partial charge in [-0.1, -0.05) is 0 Å². The monoisotopic (exact) mass is 190 g/mol. The first-order chi connectivity index (χ1) is 5.67. The second-order valence-corrected chi connectivity index (χ2v) is 3.74. The molecular formula is C6H7FN2O2S. The van der Waals surface area contributed by atoms with E-state index in [2.05, 4.69) is 4.98 Å². The Morgan fingerprint density at radius 3 is 2.83 bits per heavy atom. The molecule has 1 aromatic heterocycles. The molecule has 1 heterocycles. The van der Waals surface area contributed by atoms with Gasteiger partial charge in [0.2, 0.25) is 10.0 Å². The number of nitrogens with one attached hydrogen (secondary N) is 1. The van der Waals surface area contributed by atoms with Crippen molar-refractivity contribution in [3.05, 3.63) is 24.5 Å². The van der Waals surface area contributed by atoms with Gasteiger partial charge in [-0.15, -0.1) is 0 Å². The number of alkyl halides is 1. The van der Waals surface area contributed by atoms with E-state index in [4.69, 9.17) is 0 Å². The molecule has 0 amide bonds. The third-order valence-corrected chi connectivity index (χ3v) is 2.54. The lowest BCUT2D eigenvalue weighted by Crippen LogP contribution is -2.22. The molecule has 0 spiro atoms. The standard InChI is InChI=1S/C6H7FN2O2S/c7-5-9-12(10,11)6-2-1-3-8-4-6/h1-4,9H,5H2. The molecule has 12 heavy (non-hydrogen) atoms. The Morgan fingerprint density at radius 2 is 2.33 bits per heavy atom. The Bertz CT molecular complexity index is 338. The highest BCUT2D eigenvalue weighted by atomic mass is 32.2. The van der Waals surface area contributed by atoms with Crippen LogP contribution in [0.25, 0.3) is 0 Å². The van der Waals surface area contributed by atoms with Crippen LogP contribution in [0, 0.1) is 0 Å². The van der Waals surface area contributed by atoms with Crippen LogP contribution >= 0.6 is 0 Å². The number of sulfonamides is 1. The van der Waals surface area contributed by atoms with Crippen LogP contribution < -0.4 is 4.72 Å². The molecule has 0 saturated carbocycles. The summed E-state index contributed by atoms with van der Waals surface area (Å²) in [5.41, 5.74) is 0. The van der Waals surface area contributed by atoms with Crippen LogP contribution in [0.5, 0.6) is 0 Å². The van der Waals surface area contributed by atoms with Crippen molar-refractivity contribution in [1.29, 1.82) is 0 Å². The Balaban J connectivity index is 2.99. The Morgan fingerprint density at radius 1 is 1.58 bits per heavy atom. The van der Waals surface area contributed by atoms with Gasteiger partial charge in [0.1, 0.15) is 4.90 Å². The highest BCUT2D eigenvalue weighted by Gasteiger charge is 2.11. The molecule has 4 nitrogen and oxygen atoms in total. The Labute approximate surface area is 69.5 Å². The molecule has 0 unspecified atom stereocenters. The van der Waals surface area contributed by atoms with Crippen LogP contribution in [0.15, 0.2) is 29.4 Å². The van der Waals surface area contributed by atoms with Crippen LogP contribution in [-0.2, 0) is 10.0 Å². The lowest BCUT2D eigenvalue weighted by atomic mass is 10.5. The molecule has 1 N–H and O–H groups in total. The van der Waals surface area contributed by atoms with Crippen molar-refractivity contribution in [3.63, 3.8) is 0 Å². The first kappa shape index (κ1) is 9.08. The average molecular weight is 190 g/mol. The molecule has 0 aliphatic carbocycles. The summed E-state index contributed by atoms with van der Waals surface area (Å²) in [4.78, 5) is 3.55. The van der Waals surface area contributed by atoms with Crippen molar-refractivity contribution in [2.24, 2.45) is 0 Å². The molecule has 0 aliphatic heterocycles. The Kier molecular flexibility index (Phi) is 2.72. The third kappa shape index (κ3) is 1.99. The van der Waals surface area contributed by atoms with Gasteiger partial charge in [-0.3, -0.25) is 4.98 Å². The molecule has 0 aromatic carbocycles. The topological polar surface area (TPSA) is 59.1 Å². The molecule has 6 heteroatoms. The first-order valence-electron chi connectivity index (χ1n) is 3.12. The second-order valence-electron chi connectivity index (χ2n) is 1.97. The summed E-state index contributed by atoms with van der Waals surface area (Å²) in [5, 5.41) is 0. The fraction of sp³-hybridized carbons (Fsp3) is 0.167. The van der Waals surface area contributed by atoms with Gasteiger partial charge in [-0.25, -0.2) is 12.8 Å². The number of rotatable bonds is 3. The fourth-order valence-electron chi connectivity index (χ4n) is 0.661. The quantitative estimate of drug-likeness (QED) is 0.697. The summed E-state index contributed by atoms with van der Waals surface area (Å²) in [6.45, 7) is -1.11. The van der Waals surface area contributed by atoms with E-state index in [1.54, 1.807) is 4.72 Å². The normalized spacial score (nSPS) is 11.4. The smallest absolute Gasteiger partial charge is 0.244 e. The van der Waals surface area contributed by atoms with Gasteiger partial charge in [0.15, 0.2) is 6.80 Å². The van der Waals surface area contributed by atoms with E-state index in [1.807, 2.05) is 0 Å². The van der Waals surface area contributed by atoms with Crippen molar-refractivity contribution in [2.75, 3.05) is 6.80 Å². The summed E-state index contributed by atoms with van der Waals surface area (Å²) in [6, 6.07) is 2.80. The van der Waals surface area contributed by atoms with E-state index < -0.39 is 16.8 Å². The minimum Gasteiger partial charge on any atom is -0.263 e. The lowest BCUT2D eigenvalue weighted by molar-refractivity contribution is 0.469. The van der Waals surface area contributed by atoms with Gasteiger partial charge < -0.3 is 0 Å². The predicted octanol–water partition coefficient (Wildman–Crippen LogP) is 0.287. The van der Waals surface area contributed by atoms with Gasteiger partial charge in [0, 0.05) is 12.4 Å². The highest BCUT2D eigenvalue weighted by Crippen LogP contribution is 2.04. The SMILES string of the molecule is O=S(=O)(NCF)c1cccnc1. The van der Waals surface area contributed by atoms with Crippen LogP contribution in [0.3, 0.4) is 0 Å². The number of hydrogen-bond donors (Lipinski definition) is 1. The van der Waals surface area contributed by atoms with E-state index >= 15 is 0 Å². The van der Waals surface area contributed by atoms with Gasteiger partial charge in [0.25, 0.3) is 0 Å². The average Bonchev–Trinajstić information content (AvgIpc) is 2.06. The zero-order valence-corrected chi connectivity index (χ0v) is 6.88. The molecule has 0 aliphatic rings. The van der Waals surface area contributed by atoms with E-state index in [9.17, 15) is 12.8 Å². The zero-order chi connectivity index (χ0) is 9.03. The summed E-state index contributed by atoms with van der Waals surface area (Å²) in [6.07, 6.45) is 2.59. The predicted molar refractivity (Wildman–Crippen MR) is 40.5 cm³/mol. The van der Waals surface area contributed by atoms with E-state index in [-0.39, 0.29) is 4.90 Å². The lowest BCUT2D eigenvalue weighted by Gasteiger charge is -2.00.